The van der Waals surface area contributed by atoms with E-state index in [1.165, 1.54) is 11.6 Å². The van der Waals surface area contributed by atoms with Gasteiger partial charge in [0.15, 0.2) is 0 Å². The van der Waals surface area contributed by atoms with Crippen LogP contribution in [-0.4, -0.2) is 12.0 Å². The molecule has 136 valence electrons. The topological polar surface area (TPSA) is 16.1 Å². The fourth-order valence-electron chi connectivity index (χ4n) is 2.97. The van der Waals surface area contributed by atoms with E-state index in [9.17, 15) is 4.39 Å². The van der Waals surface area contributed by atoms with Crippen molar-refractivity contribution >= 4 is 11.3 Å². The van der Waals surface area contributed by atoms with Gasteiger partial charge in [-0.15, -0.1) is 0 Å². The van der Waals surface area contributed by atoms with Gasteiger partial charge < -0.3 is 4.90 Å². The predicted molar refractivity (Wildman–Crippen MR) is 109 cm³/mol. The zero-order chi connectivity index (χ0) is 18.9. The maximum atomic E-state index is 14.2. The molecule has 0 saturated carbocycles. The minimum absolute atomic E-state index is 0.207. The highest BCUT2D eigenvalue weighted by Gasteiger charge is 2.16. The Morgan fingerprint density at radius 1 is 1.08 bits per heavy atom. The third kappa shape index (κ3) is 4.48. The first-order valence-electron chi connectivity index (χ1n) is 9.20. The first kappa shape index (κ1) is 19.6. The van der Waals surface area contributed by atoms with Crippen LogP contribution in [0.3, 0.4) is 0 Å². The highest BCUT2D eigenvalue weighted by Crippen LogP contribution is 2.31. The second-order valence-electron chi connectivity index (χ2n) is 5.76. The summed E-state index contributed by atoms with van der Waals surface area (Å²) < 4.78 is 14.2. The van der Waals surface area contributed by atoms with Crippen molar-refractivity contribution in [3.8, 4) is 0 Å². The normalized spacial score (nSPS) is 13.5. The first-order valence-corrected chi connectivity index (χ1v) is 9.20. The molecule has 1 heterocycles. The van der Waals surface area contributed by atoms with Crippen molar-refractivity contribution < 1.29 is 4.39 Å². The highest BCUT2D eigenvalue weighted by atomic mass is 19.1. The zero-order valence-corrected chi connectivity index (χ0v) is 16.0. The molecule has 0 unspecified atom stereocenters. The number of anilines is 1. The maximum Gasteiger partial charge on any atom is 0.146 e. The molecule has 3 heteroatoms. The van der Waals surface area contributed by atoms with Crippen LogP contribution < -0.4 is 4.90 Å². The van der Waals surface area contributed by atoms with E-state index in [4.69, 9.17) is 0 Å². The number of hydrogen-bond acceptors (Lipinski definition) is 2. The molecule has 0 radical (unpaired) electrons. The summed E-state index contributed by atoms with van der Waals surface area (Å²) in [7, 11) is 1.92. The largest absolute Gasteiger partial charge is 0.342 e. The van der Waals surface area contributed by atoms with Crippen molar-refractivity contribution in [1.29, 1.82) is 0 Å². The van der Waals surface area contributed by atoms with Crippen LogP contribution in [0.2, 0.25) is 0 Å². The van der Waals surface area contributed by atoms with Crippen molar-refractivity contribution in [2.24, 2.45) is 0 Å². The van der Waals surface area contributed by atoms with E-state index in [0.29, 0.717) is 5.69 Å². The maximum absolute atomic E-state index is 14.2. The SMILES string of the molecule is CC.CCC1=CC(c2cccnc2)=CCC=C1N(C)c1ccccc1F. The molecule has 1 aliphatic carbocycles. The van der Waals surface area contributed by atoms with Gasteiger partial charge in [0.05, 0.1) is 5.69 Å². The number of halogens is 1. The lowest BCUT2D eigenvalue weighted by atomic mass is 10.0. The monoisotopic (exact) mass is 350 g/mol. The summed E-state index contributed by atoms with van der Waals surface area (Å²) >= 11 is 0. The Morgan fingerprint density at radius 3 is 2.50 bits per heavy atom. The molecule has 0 saturated heterocycles. The van der Waals surface area contributed by atoms with Gasteiger partial charge in [-0.3, -0.25) is 4.98 Å². The summed E-state index contributed by atoms with van der Waals surface area (Å²) in [5, 5.41) is 0. The van der Waals surface area contributed by atoms with Gasteiger partial charge in [-0.1, -0.05) is 51.1 Å². The van der Waals surface area contributed by atoms with Crippen LogP contribution in [0.25, 0.3) is 5.57 Å². The number of para-hydroxylation sites is 1. The quantitative estimate of drug-likeness (QED) is 0.635. The van der Waals surface area contributed by atoms with Crippen LogP contribution in [-0.2, 0) is 0 Å². The van der Waals surface area contributed by atoms with Gasteiger partial charge in [0.25, 0.3) is 0 Å². The summed E-state index contributed by atoms with van der Waals surface area (Å²) in [5.74, 6) is -0.207. The number of allylic oxidation sites excluding steroid dienone is 5. The molecule has 1 aromatic heterocycles. The van der Waals surface area contributed by atoms with Gasteiger partial charge in [-0.2, -0.15) is 0 Å². The number of pyridine rings is 1. The Labute approximate surface area is 156 Å². The Kier molecular flexibility index (Phi) is 7.34. The first-order chi connectivity index (χ1) is 12.7. The van der Waals surface area contributed by atoms with Gasteiger partial charge in [0.2, 0.25) is 0 Å². The molecule has 0 aliphatic heterocycles. The molecule has 0 bridgehead atoms. The third-order valence-electron chi connectivity index (χ3n) is 4.26. The Hall–Kier alpha value is -2.68. The van der Waals surface area contributed by atoms with Crippen molar-refractivity contribution in [1.82, 2.24) is 4.98 Å². The minimum Gasteiger partial charge on any atom is -0.342 e. The van der Waals surface area contributed by atoms with Crippen LogP contribution in [0.15, 0.2) is 78.3 Å². The summed E-state index contributed by atoms with van der Waals surface area (Å²) in [6.45, 7) is 6.13. The summed E-state index contributed by atoms with van der Waals surface area (Å²) in [6, 6.07) is 10.9. The molecule has 1 aliphatic rings. The number of hydrogen-bond donors (Lipinski definition) is 0. The lowest BCUT2D eigenvalue weighted by Gasteiger charge is -2.25. The van der Waals surface area contributed by atoms with Crippen molar-refractivity contribution in [3.63, 3.8) is 0 Å². The molecule has 3 rings (SSSR count). The number of likely N-dealkylation sites (N-methyl/N-ethyl adjacent to an activating group) is 1. The summed E-state index contributed by atoms with van der Waals surface area (Å²) in [6.07, 6.45) is 11.9. The number of nitrogens with zero attached hydrogens (tertiary/aromatic N) is 2. The van der Waals surface area contributed by atoms with E-state index in [1.54, 1.807) is 12.3 Å². The van der Waals surface area contributed by atoms with E-state index < -0.39 is 0 Å². The predicted octanol–water partition coefficient (Wildman–Crippen LogP) is 6.39. The van der Waals surface area contributed by atoms with Crippen LogP contribution in [0, 0.1) is 5.82 Å². The molecule has 0 N–H and O–H groups in total. The molecule has 0 amide bonds. The molecule has 26 heavy (non-hydrogen) atoms. The molecule has 0 atom stereocenters. The average molecular weight is 350 g/mol. The lowest BCUT2D eigenvalue weighted by molar-refractivity contribution is 0.626. The van der Waals surface area contributed by atoms with Gasteiger partial charge >= 0.3 is 0 Å². The van der Waals surface area contributed by atoms with Gasteiger partial charge in [-0.25, -0.2) is 4.39 Å². The molecular weight excluding hydrogens is 323 g/mol. The van der Waals surface area contributed by atoms with E-state index in [0.717, 1.165) is 29.7 Å². The molecule has 2 aromatic rings. The van der Waals surface area contributed by atoms with Crippen molar-refractivity contribution in [2.45, 2.75) is 33.6 Å². The number of rotatable bonds is 4. The lowest BCUT2D eigenvalue weighted by Crippen LogP contribution is -2.19. The average Bonchev–Trinajstić information content (AvgIpc) is 2.92. The van der Waals surface area contributed by atoms with E-state index >= 15 is 0 Å². The zero-order valence-electron chi connectivity index (χ0n) is 16.0. The standard InChI is InChI=1S/C21H21FN2.C2H6/c1-3-16-14-17(18-9-7-13-23-15-18)8-6-12-20(16)24(2)21-11-5-4-10-19(21)22;1-2/h4-5,7-15H,3,6H2,1-2H3;1-2H3. The second kappa shape index (κ2) is 9.71. The summed E-state index contributed by atoms with van der Waals surface area (Å²) in [4.78, 5) is 6.14. The Balaban J connectivity index is 0.00000117. The smallest absolute Gasteiger partial charge is 0.146 e. The molecule has 2 nitrogen and oxygen atoms in total. The molecule has 0 spiro atoms. The fourth-order valence-corrected chi connectivity index (χ4v) is 2.97. The summed E-state index contributed by atoms with van der Waals surface area (Å²) in [5.41, 5.74) is 5.10. The minimum atomic E-state index is -0.207. The van der Waals surface area contributed by atoms with Crippen LogP contribution >= 0.6 is 0 Å². The number of aromatic nitrogens is 1. The van der Waals surface area contributed by atoms with E-state index in [-0.39, 0.29) is 5.82 Å². The van der Waals surface area contributed by atoms with Crippen LogP contribution in [0.5, 0.6) is 0 Å². The van der Waals surface area contributed by atoms with Crippen molar-refractivity contribution in [2.75, 3.05) is 11.9 Å². The fraction of sp³-hybridized carbons (Fsp3) is 0.261. The van der Waals surface area contributed by atoms with Gasteiger partial charge in [0, 0.05) is 25.1 Å². The Bertz CT molecular complexity index is 804. The van der Waals surface area contributed by atoms with Crippen LogP contribution in [0.4, 0.5) is 10.1 Å². The van der Waals surface area contributed by atoms with Crippen molar-refractivity contribution in [3.05, 3.63) is 89.7 Å². The second-order valence-corrected chi connectivity index (χ2v) is 5.76. The Morgan fingerprint density at radius 2 is 1.85 bits per heavy atom. The van der Waals surface area contributed by atoms with Gasteiger partial charge in [0.1, 0.15) is 5.82 Å². The molecule has 1 aromatic carbocycles. The van der Waals surface area contributed by atoms with E-state index in [2.05, 4.69) is 36.2 Å². The molecular formula is C23H27FN2. The number of benzene rings is 1. The highest BCUT2D eigenvalue weighted by molar-refractivity contribution is 5.77. The van der Waals surface area contributed by atoms with Crippen LogP contribution in [0.1, 0.15) is 39.2 Å². The third-order valence-corrected chi connectivity index (χ3v) is 4.26. The molecule has 0 fully saturated rings. The van der Waals surface area contributed by atoms with Gasteiger partial charge in [-0.05, 0) is 53.8 Å². The van der Waals surface area contributed by atoms with E-state index in [1.807, 2.05) is 50.2 Å².